The van der Waals surface area contributed by atoms with Crippen LogP contribution < -0.4 is 22.3 Å². The minimum absolute atomic E-state index is 0.0402. The number of carbonyl (C=O) groups is 1. The Bertz CT molecular complexity index is 1990. The Morgan fingerprint density at radius 3 is 2.74 bits per heavy atom. The third kappa shape index (κ3) is 5.22. The summed E-state index contributed by atoms with van der Waals surface area (Å²) in [6.45, 7) is -4.41. The van der Waals surface area contributed by atoms with Gasteiger partial charge in [0.25, 0.3) is 5.56 Å². The smallest absolute Gasteiger partial charge is 0.431 e. The molecule has 2 bridgehead atoms. The Labute approximate surface area is 268 Å². The number of aromatic amines is 1. The number of imidazole rings is 1. The van der Waals surface area contributed by atoms with Crippen molar-refractivity contribution in [1.82, 2.24) is 34.1 Å². The molecule has 1 unspecified atom stereocenters. The molecule has 3 fully saturated rings. The number of hydrogen-bond donors (Lipinski definition) is 6. The van der Waals surface area contributed by atoms with Gasteiger partial charge in [-0.2, -0.15) is 4.98 Å². The molecule has 3 saturated heterocycles. The molecule has 0 radical (unpaired) electrons. The lowest BCUT2D eigenvalue weighted by Gasteiger charge is -2.25. The number of nitrogens with one attached hydrogen (secondary N) is 2. The van der Waals surface area contributed by atoms with E-state index in [1.165, 1.54) is 17.2 Å². The number of carbonyl (C=O) groups excluding carboxylic acids is 1. The van der Waals surface area contributed by atoms with E-state index in [4.69, 9.17) is 39.5 Å². The number of aryl methyl sites for hydroxylation is 1. The Morgan fingerprint density at radius 1 is 1.06 bits per heavy atom. The van der Waals surface area contributed by atoms with Crippen LogP contribution in [0.4, 0.5) is 16.6 Å². The molecule has 4 aromatic heterocycles. The average molecular weight is 693 g/mol. The zero-order valence-corrected chi connectivity index (χ0v) is 26.0. The number of thiol groups is 1. The van der Waals surface area contributed by atoms with E-state index in [2.05, 4.69) is 42.5 Å². The molecule has 0 amide bonds. The predicted octanol–water partition coefficient (Wildman–Crippen LogP) is -0.0371. The van der Waals surface area contributed by atoms with Crippen LogP contribution in [0.15, 0.2) is 23.6 Å². The number of nitrogens with two attached hydrogens (primary N) is 2. The molecule has 47 heavy (non-hydrogen) atoms. The minimum Gasteiger partial charge on any atom is -0.431 e. The molecule has 20 nitrogen and oxygen atoms in total. The van der Waals surface area contributed by atoms with Crippen molar-refractivity contribution in [3.05, 3.63) is 34.8 Å². The van der Waals surface area contributed by atoms with Crippen LogP contribution >= 0.6 is 19.0 Å². The van der Waals surface area contributed by atoms with E-state index in [9.17, 15) is 19.3 Å². The van der Waals surface area contributed by atoms with E-state index < -0.39 is 80.7 Å². The van der Waals surface area contributed by atoms with E-state index in [-0.39, 0.29) is 17.1 Å². The van der Waals surface area contributed by atoms with Crippen molar-refractivity contribution >= 4 is 59.2 Å². The van der Waals surface area contributed by atoms with E-state index in [1.807, 2.05) is 6.20 Å². The minimum atomic E-state index is -4.24. The van der Waals surface area contributed by atoms with Crippen molar-refractivity contribution in [2.75, 3.05) is 30.8 Å². The number of aliphatic hydroxyl groups excluding tert-OH is 1. The maximum absolute atomic E-state index is 13.6. The molecule has 8 rings (SSSR count). The highest BCUT2D eigenvalue weighted by Gasteiger charge is 2.52. The standard InChI is InChI=1S/C25H29N10O10PS/c26-13-10-6-41-46(39,47)45-16-11(43-22(15(16)36)34-4-9-2-1-3-28-18-12(9)19(34)30-7-29-18)5-40-25(38)44-17(13)23(42-10)35-8-31-14-20(35)32-24(27)33-21(14)37/h4,7-8,10-11,13,15-17,22-23,36H,1-3,5-6,26H2,(H,39,47)(H,28,29,30)(H3,27,32,33,37)/t10-,11-,13-,15-,16-,17-,22-,23-,46?/m1/s1. The second kappa shape index (κ2) is 11.4. The predicted molar refractivity (Wildman–Crippen MR) is 162 cm³/mol. The fraction of sp³-hybridized carbons (Fsp3) is 0.520. The molecule has 0 saturated carbocycles. The second-order valence-electron chi connectivity index (χ2n) is 11.5. The number of ether oxygens (including phenoxy) is 4. The molecule has 4 aromatic rings. The van der Waals surface area contributed by atoms with Crippen molar-refractivity contribution in [3.63, 3.8) is 0 Å². The lowest BCUT2D eigenvalue weighted by molar-refractivity contribution is -0.0820. The van der Waals surface area contributed by atoms with Gasteiger partial charge in [-0.1, -0.05) is 12.2 Å². The van der Waals surface area contributed by atoms with Crippen LogP contribution in [-0.4, -0.2) is 102 Å². The first-order chi connectivity index (χ1) is 22.6. The van der Waals surface area contributed by atoms with Gasteiger partial charge in [-0.15, -0.1) is 0 Å². The first-order valence-corrected chi connectivity index (χ1v) is 17.3. The molecule has 8 heterocycles. The Kier molecular flexibility index (Phi) is 7.41. The summed E-state index contributed by atoms with van der Waals surface area (Å²) in [7, 11) is 0. The summed E-state index contributed by atoms with van der Waals surface area (Å²) in [5, 5.41) is 15.6. The van der Waals surface area contributed by atoms with Gasteiger partial charge in [0.05, 0.1) is 24.4 Å². The van der Waals surface area contributed by atoms with Crippen molar-refractivity contribution in [1.29, 1.82) is 0 Å². The van der Waals surface area contributed by atoms with Gasteiger partial charge in [-0.25, -0.2) is 24.3 Å². The summed E-state index contributed by atoms with van der Waals surface area (Å²) in [5.41, 5.74) is 13.0. The highest BCUT2D eigenvalue weighted by Crippen LogP contribution is 2.57. The number of anilines is 2. The van der Waals surface area contributed by atoms with Gasteiger partial charge >= 0.3 is 13.0 Å². The number of nitrogens with zero attached hydrogens (tertiary/aromatic N) is 6. The van der Waals surface area contributed by atoms with Crippen LogP contribution in [-0.2, 0) is 39.0 Å². The maximum Gasteiger partial charge on any atom is 0.508 e. The molecular weight excluding hydrogens is 663 g/mol. The molecule has 4 aliphatic heterocycles. The largest absolute Gasteiger partial charge is 0.508 e. The van der Waals surface area contributed by atoms with Crippen molar-refractivity contribution in [2.45, 2.75) is 61.9 Å². The Balaban J connectivity index is 1.09. The SMILES string of the molecule is Nc1nc2c(ncn2[C@@H]2O[C@@H]3COP(=O)(S)O[C@H]4[C@@H](O)[C@H](n5cc6c7c(ncnc75)NCCC6)O[C@@H]4COC(=O)O[C@@H]2[C@@H]3N)c(=O)[nH]1. The Morgan fingerprint density at radius 2 is 1.89 bits per heavy atom. The first kappa shape index (κ1) is 30.5. The molecule has 4 aliphatic rings. The number of aromatic nitrogens is 7. The summed E-state index contributed by atoms with van der Waals surface area (Å²) < 4.78 is 51.1. The fourth-order valence-corrected chi connectivity index (χ4v) is 7.91. The van der Waals surface area contributed by atoms with Crippen molar-refractivity contribution in [2.24, 2.45) is 5.73 Å². The van der Waals surface area contributed by atoms with E-state index in [0.717, 1.165) is 30.3 Å². The van der Waals surface area contributed by atoms with E-state index >= 15 is 0 Å². The van der Waals surface area contributed by atoms with Gasteiger partial charge in [0, 0.05) is 12.7 Å². The fourth-order valence-electron chi connectivity index (χ4n) is 6.41. The number of aliphatic hydroxyl groups is 1. The summed E-state index contributed by atoms with van der Waals surface area (Å²) in [6.07, 6.45) is -3.48. The quantitative estimate of drug-likeness (QED) is 0.0914. The van der Waals surface area contributed by atoms with Crippen LogP contribution in [0.5, 0.6) is 0 Å². The van der Waals surface area contributed by atoms with Crippen LogP contribution in [0.3, 0.4) is 0 Å². The summed E-state index contributed by atoms with van der Waals surface area (Å²) >= 11 is 4.15. The first-order valence-electron chi connectivity index (χ1n) is 14.6. The number of nitrogen functional groups attached to an aromatic ring is 1. The van der Waals surface area contributed by atoms with Gasteiger partial charge < -0.3 is 45.4 Å². The summed E-state index contributed by atoms with van der Waals surface area (Å²) in [6, 6.07) is -1.05. The normalized spacial score (nSPS) is 34.4. The van der Waals surface area contributed by atoms with Crippen LogP contribution in [0.25, 0.3) is 22.2 Å². The average Bonchev–Trinajstić information content (AvgIpc) is 3.73. The molecule has 22 heteroatoms. The van der Waals surface area contributed by atoms with E-state index in [0.29, 0.717) is 11.5 Å². The third-order valence-corrected chi connectivity index (χ3v) is 10.2. The third-order valence-electron chi connectivity index (χ3n) is 8.57. The highest BCUT2D eigenvalue weighted by molar-refractivity contribution is 8.44. The van der Waals surface area contributed by atoms with Crippen LogP contribution in [0, 0.1) is 0 Å². The molecule has 0 aromatic carbocycles. The summed E-state index contributed by atoms with van der Waals surface area (Å²) in [5.74, 6) is 0.483. The van der Waals surface area contributed by atoms with Gasteiger partial charge in [0.1, 0.15) is 48.8 Å². The van der Waals surface area contributed by atoms with Crippen molar-refractivity contribution in [3.8, 4) is 0 Å². The van der Waals surface area contributed by atoms with Crippen LogP contribution in [0.2, 0.25) is 0 Å². The molecular formula is C25H29N10O10PS. The van der Waals surface area contributed by atoms with E-state index in [1.54, 1.807) is 4.57 Å². The monoisotopic (exact) mass is 692 g/mol. The number of hydrogen-bond acceptors (Lipinski definition) is 17. The molecule has 250 valence electrons. The van der Waals surface area contributed by atoms with Gasteiger partial charge in [-0.05, 0) is 18.4 Å². The summed E-state index contributed by atoms with van der Waals surface area (Å²) in [4.78, 5) is 44.8. The maximum atomic E-state index is 13.6. The van der Waals surface area contributed by atoms with Crippen molar-refractivity contribution < 1.29 is 42.5 Å². The number of H-pyrrole nitrogens is 1. The highest BCUT2D eigenvalue weighted by atomic mass is 32.7. The zero-order chi connectivity index (χ0) is 32.6. The van der Waals surface area contributed by atoms with Gasteiger partial charge in [0.15, 0.2) is 29.7 Å². The number of rotatable bonds is 2. The van der Waals surface area contributed by atoms with Gasteiger partial charge in [-0.3, -0.25) is 23.4 Å². The number of cyclic esters (lactones) is 1. The number of fused-ring (bicyclic) bond motifs is 4. The molecule has 0 aliphatic carbocycles. The zero-order valence-electron chi connectivity index (χ0n) is 24.2. The lowest BCUT2D eigenvalue weighted by atomic mass is 10.1. The van der Waals surface area contributed by atoms with Gasteiger partial charge in [0.2, 0.25) is 5.95 Å². The topological polar surface area (TPSA) is 268 Å². The van der Waals surface area contributed by atoms with Crippen LogP contribution in [0.1, 0.15) is 24.4 Å². The molecule has 7 N–H and O–H groups in total. The Hall–Kier alpha value is -3.82. The molecule has 0 spiro atoms. The second-order valence-corrected chi connectivity index (χ2v) is 14.3. The molecule has 9 atom stereocenters. The lowest BCUT2D eigenvalue weighted by Crippen LogP contribution is -2.44.